The molecule has 5 nitrogen and oxygen atoms in total. The fraction of sp³-hybridized carbons (Fsp3) is 0.455. The summed E-state index contributed by atoms with van der Waals surface area (Å²) in [7, 11) is 1.87. The molecule has 0 spiro atoms. The summed E-state index contributed by atoms with van der Waals surface area (Å²) < 4.78 is 13.1. The Hall–Kier alpha value is -1.53. The molecular formula is C11H16FN3O2. The molecule has 0 fully saturated rings. The van der Waals surface area contributed by atoms with Crippen LogP contribution in [0.25, 0.3) is 0 Å². The molecule has 2 N–H and O–H groups in total. The zero-order valence-corrected chi connectivity index (χ0v) is 9.73. The van der Waals surface area contributed by atoms with Crippen molar-refractivity contribution in [2.45, 2.75) is 13.0 Å². The lowest BCUT2D eigenvalue weighted by Gasteiger charge is -2.15. The van der Waals surface area contributed by atoms with Crippen LogP contribution in [0.1, 0.15) is 12.0 Å². The number of hydrogen-bond donors (Lipinski definition) is 1. The van der Waals surface area contributed by atoms with Gasteiger partial charge in [0.2, 0.25) is 0 Å². The van der Waals surface area contributed by atoms with Crippen molar-refractivity contribution >= 4 is 5.69 Å². The molecule has 0 radical (unpaired) electrons. The summed E-state index contributed by atoms with van der Waals surface area (Å²) in [5.41, 5.74) is 5.76. The van der Waals surface area contributed by atoms with Gasteiger partial charge in [0.1, 0.15) is 5.82 Å². The number of nitrogens with two attached hydrogens (primary N) is 1. The van der Waals surface area contributed by atoms with E-state index in [0.29, 0.717) is 18.7 Å². The van der Waals surface area contributed by atoms with Crippen LogP contribution in [0.15, 0.2) is 18.2 Å². The highest BCUT2D eigenvalue weighted by Crippen LogP contribution is 2.17. The van der Waals surface area contributed by atoms with E-state index < -0.39 is 10.7 Å². The maximum atomic E-state index is 13.1. The van der Waals surface area contributed by atoms with Gasteiger partial charge in [-0.1, -0.05) is 0 Å². The molecule has 0 heterocycles. The number of non-ortho nitro benzene ring substituents is 1. The lowest BCUT2D eigenvalue weighted by Crippen LogP contribution is -2.21. The summed E-state index contributed by atoms with van der Waals surface area (Å²) in [6.45, 7) is 1.84. The van der Waals surface area contributed by atoms with Crippen LogP contribution in [0.5, 0.6) is 0 Å². The fourth-order valence-corrected chi connectivity index (χ4v) is 1.58. The minimum atomic E-state index is -0.591. The Morgan fingerprint density at radius 3 is 2.76 bits per heavy atom. The molecule has 94 valence electrons. The predicted molar refractivity (Wildman–Crippen MR) is 63.1 cm³/mol. The van der Waals surface area contributed by atoms with Crippen LogP contribution < -0.4 is 5.73 Å². The summed E-state index contributed by atoms with van der Waals surface area (Å²) >= 11 is 0. The molecule has 0 atom stereocenters. The van der Waals surface area contributed by atoms with Gasteiger partial charge in [-0.3, -0.25) is 10.1 Å². The molecule has 1 aromatic rings. The molecule has 6 heteroatoms. The zero-order chi connectivity index (χ0) is 12.8. The topological polar surface area (TPSA) is 72.4 Å². The van der Waals surface area contributed by atoms with Gasteiger partial charge in [-0.05, 0) is 38.2 Å². The van der Waals surface area contributed by atoms with Crippen LogP contribution in [0.2, 0.25) is 0 Å². The van der Waals surface area contributed by atoms with Gasteiger partial charge in [0.15, 0.2) is 0 Å². The first-order valence-corrected chi connectivity index (χ1v) is 5.35. The first-order chi connectivity index (χ1) is 8.02. The second-order valence-electron chi connectivity index (χ2n) is 3.95. The van der Waals surface area contributed by atoms with Gasteiger partial charge in [0, 0.05) is 12.6 Å². The highest BCUT2D eigenvalue weighted by atomic mass is 19.1. The lowest BCUT2D eigenvalue weighted by molar-refractivity contribution is -0.385. The molecule has 0 unspecified atom stereocenters. The Balaban J connectivity index is 2.73. The van der Waals surface area contributed by atoms with Crippen LogP contribution in [0.4, 0.5) is 10.1 Å². The summed E-state index contributed by atoms with van der Waals surface area (Å²) in [4.78, 5) is 11.9. The largest absolute Gasteiger partial charge is 0.330 e. The van der Waals surface area contributed by atoms with Crippen molar-refractivity contribution in [1.29, 1.82) is 0 Å². The zero-order valence-electron chi connectivity index (χ0n) is 9.73. The van der Waals surface area contributed by atoms with Crippen molar-refractivity contribution in [2.75, 3.05) is 20.1 Å². The molecule has 0 aliphatic heterocycles. The van der Waals surface area contributed by atoms with Gasteiger partial charge in [0.05, 0.1) is 11.0 Å². The first-order valence-electron chi connectivity index (χ1n) is 5.35. The van der Waals surface area contributed by atoms with Gasteiger partial charge in [-0.2, -0.15) is 0 Å². The Morgan fingerprint density at radius 2 is 2.18 bits per heavy atom. The third-order valence-electron chi connectivity index (χ3n) is 2.35. The van der Waals surface area contributed by atoms with E-state index in [2.05, 4.69) is 0 Å². The Morgan fingerprint density at radius 1 is 1.47 bits per heavy atom. The summed E-state index contributed by atoms with van der Waals surface area (Å²) in [5.74, 6) is -0.582. The predicted octanol–water partition coefficient (Wildman–Crippen LogP) is 1.51. The Bertz CT molecular complexity index is 398. The molecular weight excluding hydrogens is 225 g/mol. The highest BCUT2D eigenvalue weighted by Gasteiger charge is 2.10. The van der Waals surface area contributed by atoms with E-state index in [1.54, 1.807) is 0 Å². The molecule has 1 aromatic carbocycles. The van der Waals surface area contributed by atoms with Crippen molar-refractivity contribution < 1.29 is 9.31 Å². The number of rotatable bonds is 6. The molecule has 0 saturated carbocycles. The minimum Gasteiger partial charge on any atom is -0.330 e. The quantitative estimate of drug-likeness (QED) is 0.605. The van der Waals surface area contributed by atoms with E-state index in [4.69, 9.17) is 5.73 Å². The molecule has 0 aromatic heterocycles. The molecule has 0 saturated heterocycles. The normalized spacial score (nSPS) is 10.8. The maximum absolute atomic E-state index is 13.1. The van der Waals surface area contributed by atoms with Gasteiger partial charge in [0.25, 0.3) is 5.69 Å². The molecule has 0 bridgehead atoms. The average molecular weight is 241 g/mol. The van der Waals surface area contributed by atoms with E-state index in [9.17, 15) is 14.5 Å². The summed E-state index contributed by atoms with van der Waals surface area (Å²) in [5, 5.41) is 10.6. The smallest absolute Gasteiger partial charge is 0.272 e. The van der Waals surface area contributed by atoms with Crippen molar-refractivity contribution in [1.82, 2.24) is 4.90 Å². The number of nitrogens with zero attached hydrogens (tertiary/aromatic N) is 2. The Labute approximate surface area is 99.2 Å². The molecule has 0 aliphatic carbocycles. The standard InChI is InChI=1S/C11H16FN3O2/c1-14(4-2-3-13)8-9-5-10(12)7-11(6-9)15(16)17/h5-7H,2-4,8,13H2,1H3. The molecule has 0 aliphatic rings. The fourth-order valence-electron chi connectivity index (χ4n) is 1.58. The first kappa shape index (κ1) is 13.5. The second-order valence-corrected chi connectivity index (χ2v) is 3.95. The molecule has 1 rings (SSSR count). The van der Waals surface area contributed by atoms with Crippen molar-refractivity contribution in [2.24, 2.45) is 5.73 Å². The van der Waals surface area contributed by atoms with Gasteiger partial charge in [-0.15, -0.1) is 0 Å². The monoisotopic (exact) mass is 241 g/mol. The molecule has 17 heavy (non-hydrogen) atoms. The minimum absolute atomic E-state index is 0.216. The van der Waals surface area contributed by atoms with E-state index in [1.807, 2.05) is 11.9 Å². The van der Waals surface area contributed by atoms with Crippen LogP contribution in [0, 0.1) is 15.9 Å². The van der Waals surface area contributed by atoms with Gasteiger partial charge in [-0.25, -0.2) is 4.39 Å². The van der Waals surface area contributed by atoms with E-state index in [1.165, 1.54) is 12.1 Å². The van der Waals surface area contributed by atoms with E-state index in [0.717, 1.165) is 19.0 Å². The average Bonchev–Trinajstić information content (AvgIpc) is 2.25. The highest BCUT2D eigenvalue weighted by molar-refractivity contribution is 5.35. The van der Waals surface area contributed by atoms with Crippen LogP contribution in [-0.4, -0.2) is 30.0 Å². The van der Waals surface area contributed by atoms with Gasteiger partial charge < -0.3 is 10.6 Å². The number of nitro groups is 1. The van der Waals surface area contributed by atoms with Crippen molar-refractivity contribution in [3.8, 4) is 0 Å². The molecule has 0 amide bonds. The van der Waals surface area contributed by atoms with Gasteiger partial charge >= 0.3 is 0 Å². The number of hydrogen-bond acceptors (Lipinski definition) is 4. The van der Waals surface area contributed by atoms with Crippen LogP contribution in [-0.2, 0) is 6.54 Å². The SMILES string of the molecule is CN(CCCN)Cc1cc(F)cc([N+](=O)[O-])c1. The van der Waals surface area contributed by atoms with Crippen LogP contribution >= 0.6 is 0 Å². The van der Waals surface area contributed by atoms with Crippen molar-refractivity contribution in [3.05, 3.63) is 39.7 Å². The number of halogens is 1. The van der Waals surface area contributed by atoms with E-state index >= 15 is 0 Å². The maximum Gasteiger partial charge on any atom is 0.272 e. The third-order valence-corrected chi connectivity index (χ3v) is 2.35. The van der Waals surface area contributed by atoms with Crippen LogP contribution in [0.3, 0.4) is 0 Å². The number of benzene rings is 1. The Kier molecular flexibility index (Phi) is 4.99. The lowest BCUT2D eigenvalue weighted by atomic mass is 10.2. The van der Waals surface area contributed by atoms with Crippen molar-refractivity contribution in [3.63, 3.8) is 0 Å². The van der Waals surface area contributed by atoms with E-state index in [-0.39, 0.29) is 5.69 Å². The second kappa shape index (κ2) is 6.27. The number of nitro benzene ring substituents is 1. The third kappa shape index (κ3) is 4.46. The summed E-state index contributed by atoms with van der Waals surface area (Å²) in [6, 6.07) is 3.62. The summed E-state index contributed by atoms with van der Waals surface area (Å²) in [6.07, 6.45) is 0.841.